The Morgan fingerprint density at radius 3 is 2.36 bits per heavy atom. The van der Waals surface area contributed by atoms with Gasteiger partial charge in [0, 0.05) is 63.0 Å². The molecule has 0 spiro atoms. The predicted octanol–water partition coefficient (Wildman–Crippen LogP) is 4.13. The van der Waals surface area contributed by atoms with Gasteiger partial charge in [-0.15, -0.1) is 0 Å². The van der Waals surface area contributed by atoms with Gasteiger partial charge in [-0.05, 0) is 37.5 Å². The van der Waals surface area contributed by atoms with E-state index in [0.29, 0.717) is 11.8 Å². The second kappa shape index (κ2) is 8.95. The molecule has 1 amide bonds. The van der Waals surface area contributed by atoms with Crippen LogP contribution in [0, 0.1) is 11.8 Å². The van der Waals surface area contributed by atoms with E-state index in [1.165, 1.54) is 11.3 Å². The van der Waals surface area contributed by atoms with Crippen molar-refractivity contribution in [1.29, 1.82) is 0 Å². The third-order valence-corrected chi connectivity index (χ3v) is 6.01. The highest BCUT2D eigenvalue weighted by Crippen LogP contribution is 2.34. The second-order valence-corrected chi connectivity index (χ2v) is 8.82. The normalized spacial score (nSPS) is 20.2. The van der Waals surface area contributed by atoms with Gasteiger partial charge in [0.25, 0.3) is 0 Å². The van der Waals surface area contributed by atoms with E-state index in [1.807, 2.05) is 13.8 Å². The number of benzene rings is 1. The third kappa shape index (κ3) is 4.67. The van der Waals surface area contributed by atoms with Crippen LogP contribution in [0.5, 0.6) is 0 Å². The minimum atomic E-state index is 0.0402. The fourth-order valence-electron chi connectivity index (χ4n) is 4.38. The van der Waals surface area contributed by atoms with Crippen molar-refractivity contribution in [3.8, 4) is 0 Å². The van der Waals surface area contributed by atoms with Crippen molar-refractivity contribution < 1.29 is 4.79 Å². The maximum Gasteiger partial charge on any atom is 0.225 e. The molecule has 4 heteroatoms. The third-order valence-electron chi connectivity index (χ3n) is 6.01. The average molecular weight is 382 g/mol. The summed E-state index contributed by atoms with van der Waals surface area (Å²) in [5.74, 6) is 1.22. The summed E-state index contributed by atoms with van der Waals surface area (Å²) < 4.78 is 2.20. The summed E-state index contributed by atoms with van der Waals surface area (Å²) in [6.45, 7) is 12.1. The highest BCUT2D eigenvalue weighted by atomic mass is 16.2. The first-order chi connectivity index (χ1) is 13.4. The van der Waals surface area contributed by atoms with E-state index in [1.54, 1.807) is 0 Å². The SMILES string of the molecule is CC(C)C(=O)N(CC1CN(Cc2cccn2C)CC1c1ccccc1)C(C)C. The molecule has 28 heavy (non-hydrogen) atoms. The van der Waals surface area contributed by atoms with Crippen molar-refractivity contribution in [2.45, 2.75) is 46.2 Å². The first kappa shape index (κ1) is 20.7. The summed E-state index contributed by atoms with van der Waals surface area (Å²) in [4.78, 5) is 17.5. The molecule has 3 rings (SSSR count). The lowest BCUT2D eigenvalue weighted by Crippen LogP contribution is -2.43. The molecule has 0 radical (unpaired) electrons. The Labute approximate surface area is 170 Å². The quantitative estimate of drug-likeness (QED) is 0.721. The Bertz CT molecular complexity index is 765. The molecule has 4 nitrogen and oxygen atoms in total. The molecule has 1 aromatic heterocycles. The Kier molecular flexibility index (Phi) is 6.61. The number of rotatable bonds is 7. The van der Waals surface area contributed by atoms with Crippen molar-refractivity contribution in [2.24, 2.45) is 18.9 Å². The number of hydrogen-bond acceptors (Lipinski definition) is 2. The molecule has 2 atom stereocenters. The number of aryl methyl sites for hydroxylation is 1. The van der Waals surface area contributed by atoms with Crippen molar-refractivity contribution in [1.82, 2.24) is 14.4 Å². The van der Waals surface area contributed by atoms with Crippen LogP contribution < -0.4 is 0 Å². The molecule has 2 unspecified atom stereocenters. The monoisotopic (exact) mass is 381 g/mol. The van der Waals surface area contributed by atoms with Crippen LogP contribution in [0.4, 0.5) is 0 Å². The summed E-state index contributed by atoms with van der Waals surface area (Å²) in [6, 6.07) is 15.4. The highest BCUT2D eigenvalue weighted by Gasteiger charge is 2.36. The molecule has 0 saturated carbocycles. The fraction of sp³-hybridized carbons (Fsp3) is 0.542. The number of aromatic nitrogens is 1. The topological polar surface area (TPSA) is 28.5 Å². The molecule has 0 bridgehead atoms. The van der Waals surface area contributed by atoms with E-state index in [0.717, 1.165) is 26.2 Å². The van der Waals surface area contributed by atoms with Crippen LogP contribution >= 0.6 is 0 Å². The van der Waals surface area contributed by atoms with Crippen LogP contribution in [0.1, 0.15) is 44.9 Å². The van der Waals surface area contributed by atoms with Gasteiger partial charge in [0.05, 0.1) is 0 Å². The van der Waals surface area contributed by atoms with Crippen LogP contribution in [0.15, 0.2) is 48.7 Å². The van der Waals surface area contributed by atoms with Gasteiger partial charge in [0.1, 0.15) is 0 Å². The summed E-state index contributed by atoms with van der Waals surface area (Å²) in [6.07, 6.45) is 2.11. The molecule has 1 aliphatic heterocycles. The van der Waals surface area contributed by atoms with E-state index in [9.17, 15) is 4.79 Å². The van der Waals surface area contributed by atoms with Crippen LogP contribution in [0.3, 0.4) is 0 Å². The maximum atomic E-state index is 12.8. The molecule has 1 aromatic carbocycles. The molecule has 1 fully saturated rings. The smallest absolute Gasteiger partial charge is 0.225 e. The lowest BCUT2D eigenvalue weighted by atomic mass is 9.88. The standard InChI is InChI=1S/C24H35N3O/c1-18(2)24(28)27(19(3)4)15-21-14-26(16-22-12-9-13-25(22)5)17-23(21)20-10-7-6-8-11-20/h6-13,18-19,21,23H,14-17H2,1-5H3. The number of hydrogen-bond donors (Lipinski definition) is 0. The Morgan fingerprint density at radius 1 is 1.07 bits per heavy atom. The molecule has 2 heterocycles. The number of carbonyl (C=O) groups is 1. The molecule has 0 aliphatic carbocycles. The zero-order valence-corrected chi connectivity index (χ0v) is 18.0. The summed E-state index contributed by atoms with van der Waals surface area (Å²) in [5.41, 5.74) is 2.73. The number of amides is 1. The summed E-state index contributed by atoms with van der Waals surface area (Å²) >= 11 is 0. The van der Waals surface area contributed by atoms with E-state index in [4.69, 9.17) is 0 Å². The second-order valence-electron chi connectivity index (χ2n) is 8.82. The average Bonchev–Trinajstić information content (AvgIpc) is 3.26. The van der Waals surface area contributed by atoms with Crippen molar-refractivity contribution >= 4 is 5.91 Å². The molecule has 0 N–H and O–H groups in total. The Balaban J connectivity index is 1.80. The summed E-state index contributed by atoms with van der Waals surface area (Å²) in [5, 5.41) is 0. The van der Waals surface area contributed by atoms with E-state index >= 15 is 0 Å². The molecule has 1 saturated heterocycles. The van der Waals surface area contributed by atoms with Gasteiger partial charge in [-0.3, -0.25) is 9.69 Å². The largest absolute Gasteiger partial charge is 0.353 e. The van der Waals surface area contributed by atoms with Crippen molar-refractivity contribution in [3.05, 3.63) is 59.9 Å². The Hall–Kier alpha value is -2.07. The molecular formula is C24H35N3O. The molecule has 2 aromatic rings. The van der Waals surface area contributed by atoms with Crippen LogP contribution in [-0.4, -0.2) is 46.0 Å². The number of likely N-dealkylation sites (tertiary alicyclic amines) is 1. The fourth-order valence-corrected chi connectivity index (χ4v) is 4.38. The molecule has 152 valence electrons. The minimum absolute atomic E-state index is 0.0402. The Morgan fingerprint density at radius 2 is 1.79 bits per heavy atom. The van der Waals surface area contributed by atoms with Crippen LogP contribution in [0.25, 0.3) is 0 Å². The minimum Gasteiger partial charge on any atom is -0.353 e. The van der Waals surface area contributed by atoms with Crippen LogP contribution in [-0.2, 0) is 18.4 Å². The zero-order chi connectivity index (χ0) is 20.3. The van der Waals surface area contributed by atoms with E-state index in [-0.39, 0.29) is 17.9 Å². The van der Waals surface area contributed by atoms with Gasteiger partial charge >= 0.3 is 0 Å². The first-order valence-electron chi connectivity index (χ1n) is 10.5. The van der Waals surface area contributed by atoms with E-state index in [2.05, 4.69) is 83.9 Å². The van der Waals surface area contributed by atoms with Gasteiger partial charge in [0.2, 0.25) is 5.91 Å². The van der Waals surface area contributed by atoms with Crippen molar-refractivity contribution in [2.75, 3.05) is 19.6 Å². The van der Waals surface area contributed by atoms with Gasteiger partial charge in [-0.1, -0.05) is 44.2 Å². The lowest BCUT2D eigenvalue weighted by Gasteiger charge is -2.33. The number of carbonyl (C=O) groups excluding carboxylic acids is 1. The zero-order valence-electron chi connectivity index (χ0n) is 18.0. The number of nitrogens with zero attached hydrogens (tertiary/aromatic N) is 3. The van der Waals surface area contributed by atoms with Crippen molar-refractivity contribution in [3.63, 3.8) is 0 Å². The predicted molar refractivity (Wildman–Crippen MR) is 115 cm³/mol. The first-order valence-corrected chi connectivity index (χ1v) is 10.5. The van der Waals surface area contributed by atoms with Gasteiger partial charge in [0.15, 0.2) is 0 Å². The maximum absolute atomic E-state index is 12.8. The van der Waals surface area contributed by atoms with Crippen LogP contribution in [0.2, 0.25) is 0 Å². The summed E-state index contributed by atoms with van der Waals surface area (Å²) in [7, 11) is 2.11. The van der Waals surface area contributed by atoms with Gasteiger partial charge in [-0.25, -0.2) is 0 Å². The van der Waals surface area contributed by atoms with E-state index < -0.39 is 0 Å². The lowest BCUT2D eigenvalue weighted by molar-refractivity contribution is -0.136. The van der Waals surface area contributed by atoms with Gasteiger partial charge < -0.3 is 9.47 Å². The molecular weight excluding hydrogens is 346 g/mol. The molecule has 1 aliphatic rings. The highest BCUT2D eigenvalue weighted by molar-refractivity contribution is 5.78. The van der Waals surface area contributed by atoms with Gasteiger partial charge in [-0.2, -0.15) is 0 Å².